The van der Waals surface area contributed by atoms with Gasteiger partial charge in [-0.15, -0.1) is 0 Å². The molecule has 0 spiro atoms. The van der Waals surface area contributed by atoms with Crippen LogP contribution >= 0.6 is 0 Å². The third-order valence-corrected chi connectivity index (χ3v) is 3.08. The second kappa shape index (κ2) is 4.46. The average molecular weight is 248 g/mol. The van der Waals surface area contributed by atoms with Crippen molar-refractivity contribution in [3.63, 3.8) is 0 Å². The molecule has 2 aromatic rings. The van der Waals surface area contributed by atoms with E-state index >= 15 is 0 Å². The largest absolute Gasteiger partial charge is 0.318 e. The van der Waals surface area contributed by atoms with Crippen molar-refractivity contribution in [2.45, 2.75) is 19.4 Å². The van der Waals surface area contributed by atoms with Gasteiger partial charge in [0.05, 0.1) is 11.7 Å². The summed E-state index contributed by atoms with van der Waals surface area (Å²) in [6.07, 6.45) is 2.59. The summed E-state index contributed by atoms with van der Waals surface area (Å²) < 4.78 is 26.7. The third-order valence-electron chi connectivity index (χ3n) is 3.08. The van der Waals surface area contributed by atoms with Gasteiger partial charge in [0.25, 0.3) is 0 Å². The van der Waals surface area contributed by atoms with Crippen molar-refractivity contribution in [1.82, 2.24) is 4.98 Å². The zero-order valence-electron chi connectivity index (χ0n) is 10.2. The Hall–Kier alpha value is -1.81. The van der Waals surface area contributed by atoms with Crippen LogP contribution < -0.4 is 5.73 Å². The molecule has 1 aromatic heterocycles. The Balaban J connectivity index is 2.50. The van der Waals surface area contributed by atoms with Crippen molar-refractivity contribution in [3.8, 4) is 0 Å². The predicted octanol–water partition coefficient (Wildman–Crippen LogP) is 2.89. The number of benzene rings is 1. The highest BCUT2D eigenvalue weighted by molar-refractivity contribution is 5.37. The van der Waals surface area contributed by atoms with Crippen molar-refractivity contribution < 1.29 is 8.78 Å². The van der Waals surface area contributed by atoms with Crippen LogP contribution in [-0.4, -0.2) is 4.98 Å². The molecule has 0 aliphatic rings. The summed E-state index contributed by atoms with van der Waals surface area (Å²) in [5, 5.41) is 0. The van der Waals surface area contributed by atoms with Gasteiger partial charge in [-0.3, -0.25) is 4.98 Å². The number of pyridine rings is 1. The lowest BCUT2D eigenvalue weighted by atomic mass is 9.86. The van der Waals surface area contributed by atoms with E-state index in [4.69, 9.17) is 5.73 Å². The van der Waals surface area contributed by atoms with E-state index < -0.39 is 11.4 Å². The molecule has 2 nitrogen and oxygen atoms in total. The number of aryl methyl sites for hydroxylation is 1. The Morgan fingerprint density at radius 1 is 1.11 bits per heavy atom. The Kier molecular flexibility index (Phi) is 3.13. The smallest absolute Gasteiger partial charge is 0.141 e. The molecular formula is C14H14F2N2. The molecule has 0 fully saturated rings. The van der Waals surface area contributed by atoms with Gasteiger partial charge >= 0.3 is 0 Å². The first-order valence-corrected chi connectivity index (χ1v) is 5.58. The number of aromatic nitrogens is 1. The Labute approximate surface area is 104 Å². The van der Waals surface area contributed by atoms with Crippen LogP contribution in [0.4, 0.5) is 8.78 Å². The third kappa shape index (κ3) is 2.24. The minimum Gasteiger partial charge on any atom is -0.318 e. The summed E-state index contributed by atoms with van der Waals surface area (Å²) in [4.78, 5) is 3.77. The summed E-state index contributed by atoms with van der Waals surface area (Å²) in [6.45, 7) is 3.38. The minimum atomic E-state index is -0.982. The number of hydrogen-bond acceptors (Lipinski definition) is 2. The topological polar surface area (TPSA) is 38.9 Å². The van der Waals surface area contributed by atoms with E-state index in [9.17, 15) is 8.78 Å². The van der Waals surface area contributed by atoms with Gasteiger partial charge in [0.1, 0.15) is 11.6 Å². The van der Waals surface area contributed by atoms with Crippen LogP contribution in [-0.2, 0) is 5.54 Å². The van der Waals surface area contributed by atoms with E-state index in [1.54, 1.807) is 26.0 Å². The average Bonchev–Trinajstić information content (AvgIpc) is 2.32. The molecule has 0 amide bonds. The minimum absolute atomic E-state index is 0.325. The molecule has 2 rings (SSSR count). The summed E-state index contributed by atoms with van der Waals surface area (Å²) in [5.74, 6) is -0.787. The van der Waals surface area contributed by atoms with Gasteiger partial charge in [0.15, 0.2) is 0 Å². The van der Waals surface area contributed by atoms with Crippen LogP contribution in [0.1, 0.15) is 23.6 Å². The second-order valence-electron chi connectivity index (χ2n) is 4.56. The first kappa shape index (κ1) is 12.6. The van der Waals surface area contributed by atoms with E-state index in [1.807, 2.05) is 0 Å². The molecule has 0 aliphatic carbocycles. The van der Waals surface area contributed by atoms with E-state index in [0.29, 0.717) is 16.7 Å². The van der Waals surface area contributed by atoms with Gasteiger partial charge in [-0.05, 0) is 42.7 Å². The fourth-order valence-corrected chi connectivity index (χ4v) is 1.78. The van der Waals surface area contributed by atoms with Crippen LogP contribution in [0.15, 0.2) is 36.7 Å². The van der Waals surface area contributed by atoms with Gasteiger partial charge in [0, 0.05) is 6.20 Å². The summed E-state index contributed by atoms with van der Waals surface area (Å²) in [5.41, 5.74) is 6.83. The van der Waals surface area contributed by atoms with Crippen LogP contribution in [0.3, 0.4) is 0 Å². The molecule has 18 heavy (non-hydrogen) atoms. The maximum absolute atomic E-state index is 13.6. The molecule has 1 heterocycles. The van der Waals surface area contributed by atoms with Crippen LogP contribution in [0.25, 0.3) is 0 Å². The Morgan fingerprint density at radius 3 is 2.44 bits per heavy atom. The molecule has 0 aliphatic heterocycles. The number of nitrogens with two attached hydrogens (primary N) is 1. The van der Waals surface area contributed by atoms with Gasteiger partial charge < -0.3 is 5.73 Å². The maximum atomic E-state index is 13.6. The molecule has 2 N–H and O–H groups in total. The fourth-order valence-electron chi connectivity index (χ4n) is 1.78. The second-order valence-corrected chi connectivity index (χ2v) is 4.56. The molecule has 0 saturated carbocycles. The summed E-state index contributed by atoms with van der Waals surface area (Å²) in [6, 6.07) is 6.08. The number of halogens is 2. The van der Waals surface area contributed by atoms with Crippen molar-refractivity contribution >= 4 is 0 Å². The molecule has 0 bridgehead atoms. The predicted molar refractivity (Wildman–Crippen MR) is 66.0 cm³/mol. The van der Waals surface area contributed by atoms with Crippen LogP contribution in [0.2, 0.25) is 0 Å². The first-order valence-electron chi connectivity index (χ1n) is 5.58. The lowest BCUT2D eigenvalue weighted by molar-refractivity contribution is 0.563. The molecule has 0 radical (unpaired) electrons. The molecule has 94 valence electrons. The highest BCUT2D eigenvalue weighted by Crippen LogP contribution is 2.27. The van der Waals surface area contributed by atoms with Crippen molar-refractivity contribution in [3.05, 3.63) is 65.0 Å². The van der Waals surface area contributed by atoms with Crippen molar-refractivity contribution in [2.75, 3.05) is 0 Å². The zero-order valence-corrected chi connectivity index (χ0v) is 10.2. The maximum Gasteiger partial charge on any atom is 0.141 e. The molecule has 1 aromatic carbocycles. The normalized spacial score (nSPS) is 14.3. The van der Waals surface area contributed by atoms with Gasteiger partial charge in [-0.25, -0.2) is 8.78 Å². The monoisotopic (exact) mass is 248 g/mol. The van der Waals surface area contributed by atoms with Gasteiger partial charge in [-0.2, -0.15) is 0 Å². The fraction of sp³-hybridized carbons (Fsp3) is 0.214. The van der Waals surface area contributed by atoms with E-state index in [0.717, 1.165) is 6.20 Å². The molecule has 1 unspecified atom stereocenters. The number of rotatable bonds is 2. The molecular weight excluding hydrogens is 234 g/mol. The number of hydrogen-bond donors (Lipinski definition) is 1. The lowest BCUT2D eigenvalue weighted by Gasteiger charge is -2.25. The van der Waals surface area contributed by atoms with E-state index in [2.05, 4.69) is 4.98 Å². The Bertz CT molecular complexity index is 580. The lowest BCUT2D eigenvalue weighted by Crippen LogP contribution is -2.34. The zero-order chi connectivity index (χ0) is 13.3. The number of nitrogens with zero attached hydrogens (tertiary/aromatic N) is 1. The molecule has 4 heteroatoms. The SMILES string of the molecule is Cc1ccc(C(C)(N)c2cncc(F)c2)cc1F. The van der Waals surface area contributed by atoms with Gasteiger partial charge in [0.2, 0.25) is 0 Å². The van der Waals surface area contributed by atoms with E-state index in [1.165, 1.54) is 18.3 Å². The molecule has 1 atom stereocenters. The standard InChI is InChI=1S/C14H14F2N2/c1-9-3-4-10(6-13(9)16)14(2,17)11-5-12(15)8-18-7-11/h3-8H,17H2,1-2H3. The first-order chi connectivity index (χ1) is 8.41. The highest BCUT2D eigenvalue weighted by atomic mass is 19.1. The Morgan fingerprint density at radius 2 is 1.83 bits per heavy atom. The van der Waals surface area contributed by atoms with Crippen LogP contribution in [0.5, 0.6) is 0 Å². The van der Waals surface area contributed by atoms with Gasteiger partial charge in [-0.1, -0.05) is 12.1 Å². The van der Waals surface area contributed by atoms with E-state index in [-0.39, 0.29) is 5.82 Å². The molecule has 0 saturated heterocycles. The van der Waals surface area contributed by atoms with Crippen molar-refractivity contribution in [1.29, 1.82) is 0 Å². The van der Waals surface area contributed by atoms with Crippen molar-refractivity contribution in [2.24, 2.45) is 5.73 Å². The van der Waals surface area contributed by atoms with Crippen LogP contribution in [0, 0.1) is 18.6 Å². The quantitative estimate of drug-likeness (QED) is 0.887. The summed E-state index contributed by atoms with van der Waals surface area (Å²) in [7, 11) is 0. The summed E-state index contributed by atoms with van der Waals surface area (Å²) >= 11 is 0. The highest BCUT2D eigenvalue weighted by Gasteiger charge is 2.25.